The van der Waals surface area contributed by atoms with Gasteiger partial charge in [-0.05, 0) is 54.7 Å². The number of benzene rings is 2. The molecule has 0 aliphatic rings. The molecule has 2 rings (SSSR count). The van der Waals surface area contributed by atoms with E-state index < -0.39 is 0 Å². The molecule has 0 saturated carbocycles. The van der Waals surface area contributed by atoms with Crippen LogP contribution in [0.25, 0.3) is 0 Å². The molecule has 0 aromatic heterocycles. The van der Waals surface area contributed by atoms with Gasteiger partial charge in [-0.3, -0.25) is 4.79 Å². The molecule has 0 radical (unpaired) electrons. The SMILES string of the molecule is CC(C)Cc1ccc([C@H](C)Oc2ccc(C=O)cc2)cc1. The van der Waals surface area contributed by atoms with Gasteiger partial charge < -0.3 is 4.74 Å². The Morgan fingerprint density at radius 2 is 1.57 bits per heavy atom. The normalized spacial score (nSPS) is 12.2. The first-order valence-electron chi connectivity index (χ1n) is 7.39. The molecule has 2 aromatic rings. The summed E-state index contributed by atoms with van der Waals surface area (Å²) >= 11 is 0. The second kappa shape index (κ2) is 7.07. The first-order chi connectivity index (χ1) is 10.1. The van der Waals surface area contributed by atoms with E-state index in [4.69, 9.17) is 4.74 Å². The van der Waals surface area contributed by atoms with Gasteiger partial charge in [0.05, 0.1) is 0 Å². The van der Waals surface area contributed by atoms with Crippen LogP contribution in [0.3, 0.4) is 0 Å². The number of aldehydes is 1. The summed E-state index contributed by atoms with van der Waals surface area (Å²) in [5, 5.41) is 0. The number of carbonyl (C=O) groups excluding carboxylic acids is 1. The predicted octanol–water partition coefficient (Wildman–Crippen LogP) is 4.84. The lowest BCUT2D eigenvalue weighted by atomic mass is 10.0. The van der Waals surface area contributed by atoms with Crippen molar-refractivity contribution in [1.29, 1.82) is 0 Å². The van der Waals surface area contributed by atoms with Crippen LogP contribution in [0.2, 0.25) is 0 Å². The molecule has 110 valence electrons. The molecule has 0 aliphatic carbocycles. The first-order valence-corrected chi connectivity index (χ1v) is 7.39. The zero-order valence-electron chi connectivity index (χ0n) is 12.9. The molecule has 2 nitrogen and oxygen atoms in total. The van der Waals surface area contributed by atoms with E-state index >= 15 is 0 Å². The molecular weight excluding hydrogens is 260 g/mol. The van der Waals surface area contributed by atoms with Crippen LogP contribution in [0.4, 0.5) is 0 Å². The van der Waals surface area contributed by atoms with E-state index in [1.54, 1.807) is 12.1 Å². The smallest absolute Gasteiger partial charge is 0.150 e. The van der Waals surface area contributed by atoms with E-state index in [2.05, 4.69) is 38.1 Å². The summed E-state index contributed by atoms with van der Waals surface area (Å²) in [5.74, 6) is 1.44. The minimum atomic E-state index is -0.0137. The molecule has 0 bridgehead atoms. The van der Waals surface area contributed by atoms with Crippen LogP contribution in [-0.2, 0) is 6.42 Å². The maximum Gasteiger partial charge on any atom is 0.150 e. The second-order valence-corrected chi connectivity index (χ2v) is 5.79. The molecule has 0 fully saturated rings. The standard InChI is InChI=1S/C19H22O2/c1-14(2)12-16-4-8-18(9-5-16)15(3)21-19-10-6-17(13-20)7-11-19/h4-11,13-15H,12H2,1-3H3/t15-/m0/s1. The topological polar surface area (TPSA) is 26.3 Å². The summed E-state index contributed by atoms with van der Waals surface area (Å²) in [4.78, 5) is 10.6. The Balaban J connectivity index is 2.01. The zero-order chi connectivity index (χ0) is 15.2. The molecule has 0 unspecified atom stereocenters. The van der Waals surface area contributed by atoms with Gasteiger partial charge in [0.2, 0.25) is 0 Å². The highest BCUT2D eigenvalue weighted by atomic mass is 16.5. The molecule has 0 heterocycles. The average Bonchev–Trinajstić information content (AvgIpc) is 2.48. The minimum Gasteiger partial charge on any atom is -0.486 e. The van der Waals surface area contributed by atoms with Crippen LogP contribution in [-0.4, -0.2) is 6.29 Å². The molecular formula is C19H22O2. The lowest BCUT2D eigenvalue weighted by Crippen LogP contribution is -2.03. The Bertz CT molecular complexity index is 568. The van der Waals surface area contributed by atoms with Gasteiger partial charge in [0, 0.05) is 5.56 Å². The molecule has 0 saturated heterocycles. The number of hydrogen-bond acceptors (Lipinski definition) is 2. The van der Waals surface area contributed by atoms with Gasteiger partial charge in [0.1, 0.15) is 18.1 Å². The summed E-state index contributed by atoms with van der Waals surface area (Å²) in [6.45, 7) is 6.48. The molecule has 21 heavy (non-hydrogen) atoms. The van der Waals surface area contributed by atoms with Gasteiger partial charge in [-0.15, -0.1) is 0 Å². The van der Waals surface area contributed by atoms with Crippen molar-refractivity contribution in [2.24, 2.45) is 5.92 Å². The third kappa shape index (κ3) is 4.45. The Kier molecular flexibility index (Phi) is 5.15. The highest BCUT2D eigenvalue weighted by molar-refractivity contribution is 5.74. The van der Waals surface area contributed by atoms with Gasteiger partial charge in [-0.1, -0.05) is 38.1 Å². The van der Waals surface area contributed by atoms with Crippen molar-refractivity contribution in [1.82, 2.24) is 0 Å². The summed E-state index contributed by atoms with van der Waals surface area (Å²) in [6.07, 6.45) is 1.92. The van der Waals surface area contributed by atoms with Crippen LogP contribution in [0.15, 0.2) is 48.5 Å². The van der Waals surface area contributed by atoms with Crippen molar-refractivity contribution in [2.45, 2.75) is 33.3 Å². The quantitative estimate of drug-likeness (QED) is 0.709. The Hall–Kier alpha value is -2.09. The van der Waals surface area contributed by atoms with E-state index in [9.17, 15) is 4.79 Å². The van der Waals surface area contributed by atoms with Crippen molar-refractivity contribution in [3.05, 3.63) is 65.2 Å². The van der Waals surface area contributed by atoms with Crippen molar-refractivity contribution in [3.63, 3.8) is 0 Å². The monoisotopic (exact) mass is 282 g/mol. The van der Waals surface area contributed by atoms with E-state index in [0.29, 0.717) is 11.5 Å². The highest BCUT2D eigenvalue weighted by Gasteiger charge is 2.08. The minimum absolute atomic E-state index is 0.0137. The van der Waals surface area contributed by atoms with E-state index in [1.807, 2.05) is 19.1 Å². The van der Waals surface area contributed by atoms with Gasteiger partial charge in [-0.2, -0.15) is 0 Å². The number of rotatable bonds is 6. The summed E-state index contributed by atoms with van der Waals surface area (Å²) in [5.41, 5.74) is 3.17. The number of hydrogen-bond donors (Lipinski definition) is 0. The van der Waals surface area contributed by atoms with Crippen molar-refractivity contribution in [2.75, 3.05) is 0 Å². The van der Waals surface area contributed by atoms with Crippen LogP contribution >= 0.6 is 0 Å². The largest absolute Gasteiger partial charge is 0.486 e. The Morgan fingerprint density at radius 3 is 2.10 bits per heavy atom. The predicted molar refractivity (Wildman–Crippen MR) is 85.9 cm³/mol. The molecule has 2 aromatic carbocycles. The summed E-state index contributed by atoms with van der Waals surface area (Å²) in [7, 11) is 0. The Labute approximate surface area is 126 Å². The maximum absolute atomic E-state index is 10.6. The van der Waals surface area contributed by atoms with Gasteiger partial charge in [0.25, 0.3) is 0 Å². The van der Waals surface area contributed by atoms with Crippen LogP contribution in [0, 0.1) is 5.92 Å². The van der Waals surface area contributed by atoms with Gasteiger partial charge in [-0.25, -0.2) is 0 Å². The third-order valence-electron chi connectivity index (χ3n) is 3.42. The van der Waals surface area contributed by atoms with Crippen molar-refractivity contribution in [3.8, 4) is 5.75 Å². The molecule has 0 spiro atoms. The number of ether oxygens (including phenoxy) is 1. The fourth-order valence-corrected chi connectivity index (χ4v) is 2.29. The lowest BCUT2D eigenvalue weighted by molar-refractivity contribution is 0.112. The Morgan fingerprint density at radius 1 is 0.952 bits per heavy atom. The van der Waals surface area contributed by atoms with Crippen molar-refractivity contribution >= 4 is 6.29 Å². The summed E-state index contributed by atoms with van der Waals surface area (Å²) < 4.78 is 5.90. The van der Waals surface area contributed by atoms with Crippen LogP contribution in [0.1, 0.15) is 48.4 Å². The van der Waals surface area contributed by atoms with E-state index in [-0.39, 0.29) is 6.10 Å². The fourth-order valence-electron chi connectivity index (χ4n) is 2.29. The van der Waals surface area contributed by atoms with E-state index in [0.717, 1.165) is 24.0 Å². The van der Waals surface area contributed by atoms with Gasteiger partial charge >= 0.3 is 0 Å². The fraction of sp³-hybridized carbons (Fsp3) is 0.316. The highest BCUT2D eigenvalue weighted by Crippen LogP contribution is 2.22. The molecule has 0 N–H and O–H groups in total. The van der Waals surface area contributed by atoms with E-state index in [1.165, 1.54) is 5.56 Å². The molecule has 0 amide bonds. The zero-order valence-corrected chi connectivity index (χ0v) is 12.9. The average molecular weight is 282 g/mol. The molecule has 1 atom stereocenters. The van der Waals surface area contributed by atoms with Crippen LogP contribution < -0.4 is 4.74 Å². The lowest BCUT2D eigenvalue weighted by Gasteiger charge is -2.16. The first kappa shape index (κ1) is 15.3. The van der Waals surface area contributed by atoms with Crippen molar-refractivity contribution < 1.29 is 9.53 Å². The molecule has 0 aliphatic heterocycles. The van der Waals surface area contributed by atoms with Gasteiger partial charge in [0.15, 0.2) is 0 Å². The summed E-state index contributed by atoms with van der Waals surface area (Å²) in [6, 6.07) is 15.8. The second-order valence-electron chi connectivity index (χ2n) is 5.79. The van der Waals surface area contributed by atoms with Crippen LogP contribution in [0.5, 0.6) is 5.75 Å². The molecule has 2 heteroatoms. The number of carbonyl (C=O) groups is 1. The maximum atomic E-state index is 10.6. The third-order valence-corrected chi connectivity index (χ3v) is 3.42.